The van der Waals surface area contributed by atoms with E-state index in [4.69, 9.17) is 0 Å². The number of hydrogen-bond donors (Lipinski definition) is 0. The van der Waals surface area contributed by atoms with E-state index in [1.54, 1.807) is 13.0 Å². The molecule has 0 saturated heterocycles. The van der Waals surface area contributed by atoms with E-state index in [0.717, 1.165) is 16.7 Å². The van der Waals surface area contributed by atoms with Crippen molar-refractivity contribution in [3.63, 3.8) is 0 Å². The van der Waals surface area contributed by atoms with Crippen LogP contribution in [0.1, 0.15) is 23.6 Å². The van der Waals surface area contributed by atoms with Crippen molar-refractivity contribution in [1.29, 1.82) is 0 Å². The van der Waals surface area contributed by atoms with Crippen molar-refractivity contribution < 1.29 is 37.5 Å². The summed E-state index contributed by atoms with van der Waals surface area (Å²) in [5.41, 5.74) is 3.26. The summed E-state index contributed by atoms with van der Waals surface area (Å²) in [6.45, 7) is 5.54. The molecule has 0 atom stereocenters. The van der Waals surface area contributed by atoms with Gasteiger partial charge in [-0.15, -0.1) is 5.56 Å². The first kappa shape index (κ1) is 13.7. The Balaban J connectivity index is 0.00000169. The topological polar surface area (TPSA) is 17.1 Å². The van der Waals surface area contributed by atoms with Gasteiger partial charge in [0.2, 0.25) is 0 Å². The molecule has 1 nitrogen and oxygen atoms in total. The van der Waals surface area contributed by atoms with Crippen LogP contribution >= 0.6 is 0 Å². The van der Waals surface area contributed by atoms with Gasteiger partial charge in [0.25, 0.3) is 0 Å². The molecule has 0 saturated carbocycles. The Labute approximate surface area is 110 Å². The first-order chi connectivity index (χ1) is 6.08. The molecule has 0 aliphatic rings. The molecule has 14 heavy (non-hydrogen) atoms. The van der Waals surface area contributed by atoms with Gasteiger partial charge in [-0.1, -0.05) is 19.9 Å². The fraction of sp³-hybridized carbons (Fsp3) is 0.250. The molecular formula is C12H13OY+2. The summed E-state index contributed by atoms with van der Waals surface area (Å²) < 4.78 is 0. The molecule has 0 fully saturated rings. The third-order valence-electron chi connectivity index (χ3n) is 1.67. The standard InChI is InChI=1S/C12H13O.Y/c1-9-6-10(2)8-12(7-9)5-4-11(3)13;/h4-5,7-8H,1-3H3;/q-1;+3/b5-4+;. The Hall–Kier alpha value is -0.266. The largest absolute Gasteiger partial charge is 3.00 e. The minimum absolute atomic E-state index is 0. The van der Waals surface area contributed by atoms with Crippen LogP contribution in [-0.4, -0.2) is 5.78 Å². The predicted octanol–water partition coefficient (Wildman–Crippen LogP) is 2.70. The third-order valence-corrected chi connectivity index (χ3v) is 1.67. The average Bonchev–Trinajstić information content (AvgIpc) is 1.99. The van der Waals surface area contributed by atoms with Gasteiger partial charge in [0.15, 0.2) is 5.78 Å². The number of carbonyl (C=O) groups is 1. The van der Waals surface area contributed by atoms with Crippen LogP contribution in [0.2, 0.25) is 0 Å². The normalized spacial score (nSPS) is 9.93. The van der Waals surface area contributed by atoms with E-state index < -0.39 is 0 Å². The Morgan fingerprint density at radius 2 is 1.79 bits per heavy atom. The second-order valence-corrected chi connectivity index (χ2v) is 3.22. The van der Waals surface area contributed by atoms with Gasteiger partial charge >= 0.3 is 32.7 Å². The minimum Gasteiger partial charge on any atom is -0.295 e. The van der Waals surface area contributed by atoms with Gasteiger partial charge in [-0.25, -0.2) is 0 Å². The molecule has 0 unspecified atom stereocenters. The molecule has 0 heterocycles. The molecule has 1 aromatic rings. The Bertz CT molecular complexity index is 333. The van der Waals surface area contributed by atoms with Crippen molar-refractivity contribution in [2.24, 2.45) is 0 Å². The van der Waals surface area contributed by atoms with Crippen molar-refractivity contribution in [1.82, 2.24) is 0 Å². The smallest absolute Gasteiger partial charge is 0.295 e. The van der Waals surface area contributed by atoms with Crippen LogP contribution in [0.15, 0.2) is 18.2 Å². The van der Waals surface area contributed by atoms with Crippen molar-refractivity contribution >= 4 is 11.9 Å². The first-order valence-electron chi connectivity index (χ1n) is 4.27. The number of allylic oxidation sites excluding steroid dienone is 1. The minimum atomic E-state index is 0. The molecular weight excluding hydrogens is 249 g/mol. The quantitative estimate of drug-likeness (QED) is 0.591. The van der Waals surface area contributed by atoms with Gasteiger partial charge in [-0.2, -0.15) is 29.3 Å². The Morgan fingerprint density at radius 1 is 1.29 bits per heavy atom. The van der Waals surface area contributed by atoms with Crippen LogP contribution in [0, 0.1) is 19.9 Å². The van der Waals surface area contributed by atoms with E-state index >= 15 is 0 Å². The zero-order chi connectivity index (χ0) is 9.84. The van der Waals surface area contributed by atoms with Crippen LogP contribution in [-0.2, 0) is 37.5 Å². The van der Waals surface area contributed by atoms with Crippen molar-refractivity contribution in [2.75, 3.05) is 0 Å². The maximum Gasteiger partial charge on any atom is 3.00 e. The molecule has 0 radical (unpaired) electrons. The van der Waals surface area contributed by atoms with Gasteiger partial charge in [0.1, 0.15) is 0 Å². The average molecular weight is 262 g/mol. The second-order valence-electron chi connectivity index (χ2n) is 3.22. The van der Waals surface area contributed by atoms with Gasteiger partial charge < -0.3 is 0 Å². The summed E-state index contributed by atoms with van der Waals surface area (Å²) in [5, 5.41) is 0. The van der Waals surface area contributed by atoms with Gasteiger partial charge in [0.05, 0.1) is 0 Å². The molecule has 68 valence electrons. The Kier molecular flexibility index (Phi) is 6.14. The molecule has 1 aromatic carbocycles. The van der Waals surface area contributed by atoms with Crippen LogP contribution in [0.5, 0.6) is 0 Å². The van der Waals surface area contributed by atoms with Crippen LogP contribution in [0.4, 0.5) is 0 Å². The molecule has 0 spiro atoms. The van der Waals surface area contributed by atoms with E-state index in [-0.39, 0.29) is 38.5 Å². The molecule has 1 rings (SSSR count). The molecule has 0 amide bonds. The van der Waals surface area contributed by atoms with Gasteiger partial charge in [-0.3, -0.25) is 4.79 Å². The van der Waals surface area contributed by atoms with Gasteiger partial charge in [-0.05, 0) is 13.0 Å². The molecule has 2 heteroatoms. The van der Waals surface area contributed by atoms with Crippen LogP contribution in [0.25, 0.3) is 6.08 Å². The molecule has 0 bridgehead atoms. The molecule has 0 aliphatic carbocycles. The van der Waals surface area contributed by atoms with Crippen molar-refractivity contribution in [3.05, 3.63) is 41.0 Å². The predicted molar refractivity (Wildman–Crippen MR) is 54.5 cm³/mol. The number of hydrogen-bond acceptors (Lipinski definition) is 1. The second kappa shape index (κ2) is 6.26. The van der Waals surface area contributed by atoms with E-state index in [1.807, 2.05) is 32.1 Å². The number of rotatable bonds is 2. The molecule has 0 aromatic heterocycles. The number of ketones is 1. The fourth-order valence-corrected chi connectivity index (χ4v) is 1.23. The third kappa shape index (κ3) is 4.83. The summed E-state index contributed by atoms with van der Waals surface area (Å²) in [4.78, 5) is 10.7. The number of aryl methyl sites for hydroxylation is 2. The number of benzene rings is 1. The van der Waals surface area contributed by atoms with E-state index in [2.05, 4.69) is 6.07 Å². The molecule has 0 aliphatic heterocycles. The zero-order valence-corrected chi connectivity index (χ0v) is 11.6. The molecule has 0 N–H and O–H groups in total. The van der Waals surface area contributed by atoms with Crippen LogP contribution in [0.3, 0.4) is 0 Å². The Morgan fingerprint density at radius 3 is 2.21 bits per heavy atom. The summed E-state index contributed by atoms with van der Waals surface area (Å²) in [6, 6.07) is 7.19. The summed E-state index contributed by atoms with van der Waals surface area (Å²) in [5.74, 6) is 0.0724. The van der Waals surface area contributed by atoms with E-state index in [9.17, 15) is 4.79 Å². The summed E-state index contributed by atoms with van der Waals surface area (Å²) in [7, 11) is 0. The first-order valence-corrected chi connectivity index (χ1v) is 4.27. The van der Waals surface area contributed by atoms with E-state index in [1.165, 1.54) is 0 Å². The van der Waals surface area contributed by atoms with Gasteiger partial charge in [0, 0.05) is 0 Å². The zero-order valence-electron chi connectivity index (χ0n) is 8.79. The number of carbonyl (C=O) groups excluding carboxylic acids is 1. The van der Waals surface area contributed by atoms with Crippen molar-refractivity contribution in [2.45, 2.75) is 20.8 Å². The SMILES string of the molecule is CC(=O)/C=C/c1cc(C)[c-]c(C)c1.[Y+3]. The van der Waals surface area contributed by atoms with Crippen molar-refractivity contribution in [3.8, 4) is 0 Å². The maximum absolute atomic E-state index is 10.7. The fourth-order valence-electron chi connectivity index (χ4n) is 1.23. The summed E-state index contributed by atoms with van der Waals surface area (Å²) >= 11 is 0. The van der Waals surface area contributed by atoms with E-state index in [0.29, 0.717) is 0 Å². The summed E-state index contributed by atoms with van der Waals surface area (Å²) in [6.07, 6.45) is 3.41. The van der Waals surface area contributed by atoms with Crippen LogP contribution < -0.4 is 0 Å². The maximum atomic E-state index is 10.7. The monoisotopic (exact) mass is 262 g/mol.